The van der Waals surface area contributed by atoms with Crippen LogP contribution in [0.4, 0.5) is 0 Å². The molecule has 0 amide bonds. The highest BCUT2D eigenvalue weighted by molar-refractivity contribution is 5.87. The number of methoxy groups -OCH3 is 14. The summed E-state index contributed by atoms with van der Waals surface area (Å²) in [4.78, 5) is 21.8. The van der Waals surface area contributed by atoms with E-state index < -0.39 is 23.8 Å². The van der Waals surface area contributed by atoms with Crippen LogP contribution in [-0.4, -0.2) is 141 Å². The minimum Gasteiger partial charge on any atom is -0.497 e. The Hall–Kier alpha value is -11.3. The Morgan fingerprint density at radius 2 is 0.550 bits per heavy atom. The Morgan fingerprint density at radius 3 is 0.807 bits per heavy atom. The molecule has 578 valence electrons. The van der Waals surface area contributed by atoms with Gasteiger partial charge in [-0.15, -0.1) is 0 Å². The van der Waals surface area contributed by atoms with Crippen LogP contribution in [0.1, 0.15) is 105 Å². The van der Waals surface area contributed by atoms with Gasteiger partial charge in [-0.05, 0) is 252 Å². The maximum Gasteiger partial charge on any atom is 0.310 e. The predicted octanol–water partition coefficient (Wildman–Crippen LogP) is 15.5. The Balaban J connectivity index is 0.000000159. The molecule has 10 aromatic rings. The van der Waals surface area contributed by atoms with Crippen LogP contribution in [0.2, 0.25) is 0 Å². The van der Waals surface area contributed by atoms with Crippen LogP contribution in [0.25, 0.3) is 21.5 Å². The van der Waals surface area contributed by atoms with E-state index in [1.54, 1.807) is 113 Å². The van der Waals surface area contributed by atoms with Gasteiger partial charge < -0.3 is 92.5 Å². The largest absolute Gasteiger partial charge is 0.497 e. The zero-order valence-corrected chi connectivity index (χ0v) is 65.3. The number of hydrogen-bond donors (Lipinski definition) is 5. The number of carboxylic acids is 2. The van der Waals surface area contributed by atoms with Gasteiger partial charge in [0.1, 0.15) is 11.5 Å². The number of aliphatic carboxylic acids is 2. The maximum absolute atomic E-state index is 10.9. The van der Waals surface area contributed by atoms with Crippen molar-refractivity contribution in [2.45, 2.75) is 82.3 Å². The molecule has 3 aliphatic heterocycles. The number of ether oxygens (including phenoxy) is 14. The number of nitrogens with one attached hydrogen (secondary N) is 3. The Labute approximate surface area is 639 Å². The van der Waals surface area contributed by atoms with Crippen LogP contribution in [0.5, 0.6) is 80.5 Å². The summed E-state index contributed by atoms with van der Waals surface area (Å²) in [6.45, 7) is 6.21. The molecule has 0 aliphatic carbocycles. The lowest BCUT2D eigenvalue weighted by atomic mass is 9.89. The molecule has 0 radical (unpaired) electrons. The first-order valence-electron chi connectivity index (χ1n) is 36.0. The van der Waals surface area contributed by atoms with Crippen LogP contribution < -0.4 is 82.3 Å². The van der Waals surface area contributed by atoms with Crippen molar-refractivity contribution < 1.29 is 86.1 Å². The number of benzene rings is 10. The van der Waals surface area contributed by atoms with E-state index in [0.717, 1.165) is 171 Å². The molecule has 109 heavy (non-hydrogen) atoms. The first-order valence-corrected chi connectivity index (χ1v) is 36.0. The molecule has 0 bridgehead atoms. The van der Waals surface area contributed by atoms with Crippen molar-refractivity contribution in [1.82, 2.24) is 16.0 Å². The number of carbonyl (C=O) groups is 2. The summed E-state index contributed by atoms with van der Waals surface area (Å²) in [5.74, 6) is 8.17. The third-order valence-electron chi connectivity index (χ3n) is 20.0. The highest BCUT2D eigenvalue weighted by Crippen LogP contribution is 2.42. The van der Waals surface area contributed by atoms with Crippen molar-refractivity contribution in [3.63, 3.8) is 0 Å². The molecule has 5 atom stereocenters. The van der Waals surface area contributed by atoms with Crippen LogP contribution >= 0.6 is 0 Å². The molecular weight excluding hydrogens is 1390 g/mol. The van der Waals surface area contributed by atoms with E-state index in [9.17, 15) is 9.59 Å². The van der Waals surface area contributed by atoms with Crippen LogP contribution in [0.15, 0.2) is 164 Å². The number of carboxylic acid groups (broad SMARTS) is 2. The lowest BCUT2D eigenvalue weighted by Gasteiger charge is -2.28. The fourth-order valence-corrected chi connectivity index (χ4v) is 13.7. The molecule has 0 saturated carbocycles. The minimum atomic E-state index is -0.808. The van der Waals surface area contributed by atoms with E-state index in [1.807, 2.05) is 109 Å². The van der Waals surface area contributed by atoms with Gasteiger partial charge in [-0.1, -0.05) is 66.7 Å². The summed E-state index contributed by atoms with van der Waals surface area (Å²) in [6.07, 6.45) is 5.54. The molecule has 10 aromatic carbocycles. The van der Waals surface area contributed by atoms with E-state index in [4.69, 9.17) is 76.5 Å². The van der Waals surface area contributed by atoms with Crippen LogP contribution in [0, 0.1) is 0 Å². The highest BCUT2D eigenvalue weighted by Gasteiger charge is 2.27. The number of rotatable bonds is 24. The molecule has 21 heteroatoms. The summed E-state index contributed by atoms with van der Waals surface area (Å²) >= 11 is 0. The van der Waals surface area contributed by atoms with E-state index in [1.165, 1.54) is 50.1 Å². The second kappa shape index (κ2) is 39.5. The van der Waals surface area contributed by atoms with Crippen molar-refractivity contribution in [3.05, 3.63) is 225 Å². The van der Waals surface area contributed by atoms with E-state index in [-0.39, 0.29) is 18.1 Å². The second-order valence-corrected chi connectivity index (χ2v) is 26.2. The molecule has 0 saturated heterocycles. The molecule has 5 N–H and O–H groups in total. The molecular formula is C88H103N3O18. The number of fused-ring (bicyclic) bond motifs is 5. The van der Waals surface area contributed by atoms with E-state index in [0.29, 0.717) is 0 Å². The molecule has 0 fully saturated rings. The quantitative estimate of drug-likeness (QED) is 0.0378. The van der Waals surface area contributed by atoms with Crippen molar-refractivity contribution in [1.29, 1.82) is 0 Å². The van der Waals surface area contributed by atoms with E-state index in [2.05, 4.69) is 70.5 Å². The van der Waals surface area contributed by atoms with Crippen molar-refractivity contribution in [2.24, 2.45) is 0 Å². The summed E-state index contributed by atoms with van der Waals surface area (Å²) in [5.41, 5.74) is 12.9. The fraction of sp³-hybridized carbons (Fsp3) is 0.341. The Bertz CT molecular complexity index is 4310. The van der Waals surface area contributed by atoms with Crippen LogP contribution in [-0.2, 0) is 48.1 Å². The highest BCUT2D eigenvalue weighted by atomic mass is 16.5. The third kappa shape index (κ3) is 20.5. The van der Waals surface area contributed by atoms with Gasteiger partial charge in [0.15, 0.2) is 69.0 Å². The Morgan fingerprint density at radius 1 is 0.303 bits per heavy atom. The summed E-state index contributed by atoms with van der Waals surface area (Å²) < 4.78 is 75.3. The summed E-state index contributed by atoms with van der Waals surface area (Å²) in [5, 5.41) is 32.9. The first kappa shape index (κ1) is 81.8. The van der Waals surface area contributed by atoms with Crippen molar-refractivity contribution in [2.75, 3.05) is 119 Å². The van der Waals surface area contributed by atoms with E-state index >= 15 is 0 Å². The zero-order valence-electron chi connectivity index (χ0n) is 65.3. The van der Waals surface area contributed by atoms with Gasteiger partial charge in [0, 0.05) is 18.1 Å². The number of hydrogen-bond acceptors (Lipinski definition) is 19. The smallest absolute Gasteiger partial charge is 0.310 e. The van der Waals surface area contributed by atoms with Gasteiger partial charge in [0.2, 0.25) is 0 Å². The second-order valence-electron chi connectivity index (χ2n) is 26.2. The van der Waals surface area contributed by atoms with Gasteiger partial charge in [-0.2, -0.15) is 0 Å². The van der Waals surface area contributed by atoms with Crippen molar-refractivity contribution in [3.8, 4) is 80.5 Å². The summed E-state index contributed by atoms with van der Waals surface area (Å²) in [7, 11) is 23.2. The van der Waals surface area contributed by atoms with Gasteiger partial charge in [-0.25, -0.2) is 0 Å². The average molecular weight is 1490 g/mol. The lowest BCUT2D eigenvalue weighted by Crippen LogP contribution is -2.31. The standard InChI is InChI=1S/3C20H25NO4.2C14H14O3/c3*1-22-17-6-5-13(10-18(17)23-2)9-16-15-12-20(25-4)19(24-3)11-14(15)7-8-21-16;2*1-9(14(15)16)10-3-4-12-8-13(17-2)6-5-11(12)7-10/h3*5-6,10-12,16,21H,7-9H2,1-4H3;2*3-9H,1-2H3,(H,15,16)/t2*16-;;2*9-/m11.00/s1. The lowest BCUT2D eigenvalue weighted by molar-refractivity contribution is -0.139. The van der Waals surface area contributed by atoms with Gasteiger partial charge in [-0.3, -0.25) is 9.59 Å². The third-order valence-corrected chi connectivity index (χ3v) is 20.0. The SMILES string of the molecule is COc1ccc(CC2NCCc3cc(OC)c(OC)cc32)cc1OC.COc1ccc(C[C@H]2NCCc3cc(OC)c(OC)cc32)cc1OC.COc1ccc(C[C@H]2NCCc3cc(OC)c(OC)cc32)cc1OC.COc1ccc2cc([C@H](C)C(=O)O)ccc2c1.COc1ccc2cc([C@H](C)C(=O)O)ccc2c1. The average Bonchev–Trinajstić information content (AvgIpc) is 0.805. The zero-order chi connectivity index (χ0) is 78.3. The predicted molar refractivity (Wildman–Crippen MR) is 425 cm³/mol. The minimum absolute atomic E-state index is 0.224. The molecule has 0 spiro atoms. The molecule has 21 nitrogen and oxygen atoms in total. The van der Waals surface area contributed by atoms with Crippen molar-refractivity contribution >= 4 is 33.5 Å². The van der Waals surface area contributed by atoms with Gasteiger partial charge >= 0.3 is 11.9 Å². The maximum atomic E-state index is 10.9. The molecule has 1 unspecified atom stereocenters. The fourth-order valence-electron chi connectivity index (χ4n) is 13.7. The molecule has 0 aromatic heterocycles. The molecule has 3 aliphatic rings. The topological polar surface area (TPSA) is 240 Å². The van der Waals surface area contributed by atoms with Crippen LogP contribution in [0.3, 0.4) is 0 Å². The van der Waals surface area contributed by atoms with Gasteiger partial charge in [0.25, 0.3) is 0 Å². The Kier molecular flexibility index (Phi) is 29.7. The normalized spacial score (nSPS) is 14.9. The summed E-state index contributed by atoms with van der Waals surface area (Å²) in [6, 6.07) is 54.3. The monoisotopic (exact) mass is 1490 g/mol. The van der Waals surface area contributed by atoms with Gasteiger partial charge in [0.05, 0.1) is 111 Å². The first-order chi connectivity index (χ1) is 52.8. The molecule has 13 rings (SSSR count). The molecule has 3 heterocycles.